The Morgan fingerprint density at radius 1 is 1.78 bits per heavy atom. The van der Waals surface area contributed by atoms with Crippen LogP contribution in [0.5, 0.6) is 0 Å². The van der Waals surface area contributed by atoms with Crippen LogP contribution in [0.2, 0.25) is 0 Å². The van der Waals surface area contributed by atoms with Gasteiger partial charge in [0.2, 0.25) is 0 Å². The average Bonchev–Trinajstić information content (AvgIpc) is 2.33. The first-order valence-electron chi connectivity index (χ1n) is 3.63. The van der Waals surface area contributed by atoms with E-state index in [2.05, 4.69) is 11.8 Å². The lowest BCUT2D eigenvalue weighted by molar-refractivity contribution is 0.323. The SMILES string of the molecule is CCN1CCCC1C=N. The van der Waals surface area contributed by atoms with E-state index in [1.807, 2.05) is 0 Å². The molecule has 1 fully saturated rings. The van der Waals surface area contributed by atoms with Gasteiger partial charge in [0.15, 0.2) is 0 Å². The number of rotatable bonds is 2. The molecule has 2 heteroatoms. The van der Waals surface area contributed by atoms with Crippen molar-refractivity contribution in [2.45, 2.75) is 25.8 Å². The Bertz CT molecular complexity index is 101. The minimum absolute atomic E-state index is 0.454. The van der Waals surface area contributed by atoms with Crippen LogP contribution in [0.25, 0.3) is 0 Å². The molecule has 0 amide bonds. The third-order valence-corrected chi connectivity index (χ3v) is 2.01. The van der Waals surface area contributed by atoms with Crippen LogP contribution in [0.3, 0.4) is 0 Å². The molecule has 1 aliphatic heterocycles. The maximum atomic E-state index is 7.07. The first kappa shape index (κ1) is 6.75. The second-order valence-corrected chi connectivity index (χ2v) is 2.50. The molecule has 52 valence electrons. The van der Waals surface area contributed by atoms with Crippen molar-refractivity contribution in [3.8, 4) is 0 Å². The lowest BCUT2D eigenvalue weighted by Crippen LogP contribution is -2.29. The van der Waals surface area contributed by atoms with Crippen LogP contribution in [0, 0.1) is 5.41 Å². The van der Waals surface area contributed by atoms with Gasteiger partial charge >= 0.3 is 0 Å². The molecular weight excluding hydrogens is 112 g/mol. The van der Waals surface area contributed by atoms with Gasteiger partial charge in [0.1, 0.15) is 0 Å². The summed E-state index contributed by atoms with van der Waals surface area (Å²) in [6, 6.07) is 0.454. The molecule has 1 atom stereocenters. The van der Waals surface area contributed by atoms with Gasteiger partial charge in [-0.25, -0.2) is 0 Å². The highest BCUT2D eigenvalue weighted by atomic mass is 15.2. The van der Waals surface area contributed by atoms with E-state index in [0.29, 0.717) is 6.04 Å². The molecule has 0 aromatic rings. The zero-order valence-electron chi connectivity index (χ0n) is 5.93. The van der Waals surface area contributed by atoms with Crippen LogP contribution in [-0.2, 0) is 0 Å². The molecule has 1 N–H and O–H groups in total. The molecule has 0 bridgehead atoms. The summed E-state index contributed by atoms with van der Waals surface area (Å²) in [5.41, 5.74) is 0. The Morgan fingerprint density at radius 2 is 2.56 bits per heavy atom. The highest BCUT2D eigenvalue weighted by Crippen LogP contribution is 2.13. The topological polar surface area (TPSA) is 27.1 Å². The molecule has 1 saturated heterocycles. The van der Waals surface area contributed by atoms with Crippen LogP contribution in [0.15, 0.2) is 0 Å². The fourth-order valence-corrected chi connectivity index (χ4v) is 1.43. The van der Waals surface area contributed by atoms with Gasteiger partial charge in [-0.2, -0.15) is 0 Å². The largest absolute Gasteiger partial charge is 0.311 e. The summed E-state index contributed by atoms with van der Waals surface area (Å²) < 4.78 is 0. The van der Waals surface area contributed by atoms with Gasteiger partial charge in [0, 0.05) is 12.3 Å². The zero-order valence-corrected chi connectivity index (χ0v) is 5.93. The molecule has 2 nitrogen and oxygen atoms in total. The predicted molar refractivity (Wildman–Crippen MR) is 39.1 cm³/mol. The summed E-state index contributed by atoms with van der Waals surface area (Å²) in [4.78, 5) is 2.34. The van der Waals surface area contributed by atoms with Gasteiger partial charge in [-0.05, 0) is 25.9 Å². The van der Waals surface area contributed by atoms with Gasteiger partial charge in [0.25, 0.3) is 0 Å². The summed E-state index contributed by atoms with van der Waals surface area (Å²) in [6.45, 7) is 4.44. The Labute approximate surface area is 56.4 Å². The van der Waals surface area contributed by atoms with Gasteiger partial charge in [-0.1, -0.05) is 6.92 Å². The van der Waals surface area contributed by atoms with E-state index in [9.17, 15) is 0 Å². The van der Waals surface area contributed by atoms with Crippen LogP contribution >= 0.6 is 0 Å². The van der Waals surface area contributed by atoms with E-state index in [-0.39, 0.29) is 0 Å². The summed E-state index contributed by atoms with van der Waals surface area (Å²) in [5, 5.41) is 7.07. The summed E-state index contributed by atoms with van der Waals surface area (Å²) >= 11 is 0. The van der Waals surface area contributed by atoms with Crippen molar-refractivity contribution in [1.29, 1.82) is 5.41 Å². The van der Waals surface area contributed by atoms with Crippen molar-refractivity contribution in [1.82, 2.24) is 4.90 Å². The van der Waals surface area contributed by atoms with Crippen LogP contribution < -0.4 is 0 Å². The molecule has 1 aliphatic rings. The van der Waals surface area contributed by atoms with Gasteiger partial charge < -0.3 is 5.41 Å². The van der Waals surface area contributed by atoms with E-state index >= 15 is 0 Å². The molecule has 0 spiro atoms. The van der Waals surface area contributed by atoms with Crippen LogP contribution in [0.4, 0.5) is 0 Å². The monoisotopic (exact) mass is 126 g/mol. The highest BCUT2D eigenvalue weighted by molar-refractivity contribution is 5.61. The Kier molecular flexibility index (Phi) is 2.22. The average molecular weight is 126 g/mol. The minimum atomic E-state index is 0.454. The van der Waals surface area contributed by atoms with E-state index < -0.39 is 0 Å². The predicted octanol–water partition coefficient (Wildman–Crippen LogP) is 1.12. The molecule has 9 heavy (non-hydrogen) atoms. The van der Waals surface area contributed by atoms with Crippen molar-refractivity contribution in [3.05, 3.63) is 0 Å². The van der Waals surface area contributed by atoms with E-state index in [1.165, 1.54) is 19.4 Å². The number of nitrogens with one attached hydrogen (secondary N) is 1. The molecular formula is C7H14N2. The van der Waals surface area contributed by atoms with Crippen LogP contribution in [-0.4, -0.2) is 30.2 Å². The van der Waals surface area contributed by atoms with Crippen molar-refractivity contribution < 1.29 is 0 Å². The van der Waals surface area contributed by atoms with E-state index in [1.54, 1.807) is 6.21 Å². The van der Waals surface area contributed by atoms with Gasteiger partial charge in [-0.15, -0.1) is 0 Å². The minimum Gasteiger partial charge on any atom is -0.311 e. The summed E-state index contributed by atoms with van der Waals surface area (Å²) in [5.74, 6) is 0. The van der Waals surface area contributed by atoms with Crippen LogP contribution in [0.1, 0.15) is 19.8 Å². The summed E-state index contributed by atoms with van der Waals surface area (Å²) in [7, 11) is 0. The number of hydrogen-bond donors (Lipinski definition) is 1. The third kappa shape index (κ3) is 1.30. The maximum absolute atomic E-state index is 7.07. The lowest BCUT2D eigenvalue weighted by Gasteiger charge is -2.17. The lowest BCUT2D eigenvalue weighted by atomic mass is 10.2. The number of hydrogen-bond acceptors (Lipinski definition) is 2. The Hall–Kier alpha value is -0.370. The maximum Gasteiger partial charge on any atom is 0.0444 e. The second-order valence-electron chi connectivity index (χ2n) is 2.50. The third-order valence-electron chi connectivity index (χ3n) is 2.01. The second kappa shape index (κ2) is 2.97. The first-order chi connectivity index (χ1) is 4.38. The number of nitrogens with zero attached hydrogens (tertiary/aromatic N) is 1. The molecule has 0 radical (unpaired) electrons. The van der Waals surface area contributed by atoms with Gasteiger partial charge in [-0.3, -0.25) is 4.90 Å². The first-order valence-corrected chi connectivity index (χ1v) is 3.63. The summed E-state index contributed by atoms with van der Waals surface area (Å²) in [6.07, 6.45) is 4.03. The molecule has 1 heterocycles. The fourth-order valence-electron chi connectivity index (χ4n) is 1.43. The quantitative estimate of drug-likeness (QED) is 0.551. The Morgan fingerprint density at radius 3 is 3.00 bits per heavy atom. The normalized spacial score (nSPS) is 28.8. The van der Waals surface area contributed by atoms with E-state index in [0.717, 1.165) is 6.54 Å². The van der Waals surface area contributed by atoms with E-state index in [4.69, 9.17) is 5.41 Å². The number of likely N-dealkylation sites (tertiary alicyclic amines) is 1. The van der Waals surface area contributed by atoms with Crippen molar-refractivity contribution in [2.24, 2.45) is 0 Å². The van der Waals surface area contributed by atoms with Gasteiger partial charge in [0.05, 0.1) is 0 Å². The molecule has 1 rings (SSSR count). The molecule has 1 unspecified atom stereocenters. The van der Waals surface area contributed by atoms with Crippen molar-refractivity contribution in [2.75, 3.05) is 13.1 Å². The molecule has 0 aromatic carbocycles. The molecule has 0 aromatic heterocycles. The highest BCUT2D eigenvalue weighted by Gasteiger charge is 2.19. The molecule has 0 aliphatic carbocycles. The molecule has 0 saturated carbocycles. The fraction of sp³-hybridized carbons (Fsp3) is 0.857. The zero-order chi connectivity index (χ0) is 6.69. The Balaban J connectivity index is 2.41. The van der Waals surface area contributed by atoms with Crippen molar-refractivity contribution in [3.63, 3.8) is 0 Å². The standard InChI is InChI=1S/C7H14N2/c1-2-9-5-3-4-7(9)6-8/h6-8H,2-5H2,1H3. The van der Waals surface area contributed by atoms with Crippen molar-refractivity contribution >= 4 is 6.21 Å². The smallest absolute Gasteiger partial charge is 0.0444 e.